The number of nitrogens with one attached hydrogen (secondary N) is 1. The first-order chi connectivity index (χ1) is 12.8. The van der Waals surface area contributed by atoms with Crippen molar-refractivity contribution in [3.63, 3.8) is 0 Å². The van der Waals surface area contributed by atoms with Crippen LogP contribution in [0.1, 0.15) is 0 Å². The monoisotopic (exact) mass is 378 g/mol. The fraction of sp³-hybridized carbons (Fsp3) is 0.375. The van der Waals surface area contributed by atoms with E-state index >= 15 is 0 Å². The van der Waals surface area contributed by atoms with Crippen molar-refractivity contribution in [1.29, 1.82) is 0 Å². The third-order valence-electron chi connectivity index (χ3n) is 4.16. The Labute approximate surface area is 151 Å². The van der Waals surface area contributed by atoms with Crippen LogP contribution in [0.15, 0.2) is 27.8 Å². The molecule has 11 nitrogen and oxygen atoms in total. The first-order valence-corrected chi connectivity index (χ1v) is 7.99. The molecular weight excluding hydrogens is 360 g/mol. The number of aliphatic hydroxyl groups excluding tert-OH is 4. The van der Waals surface area contributed by atoms with Gasteiger partial charge in [-0.05, 0) is 12.1 Å². The standard InChI is InChI=1S/C16H18N4O7/c1-27-7-2-3-8-9(4-7)20(5-10(22)13(24)11(23)6-21)14-12(17-8)15(25)19-16(26)18-14/h2-4,10-11,13,21-24H,5-6H2,1H3,(H,19,25,26)/t10-,11+,13-/m0/s1. The van der Waals surface area contributed by atoms with Gasteiger partial charge < -0.3 is 29.7 Å². The average Bonchev–Trinajstić information content (AvgIpc) is 2.66. The molecule has 0 aliphatic carbocycles. The van der Waals surface area contributed by atoms with Crippen LogP contribution in [-0.2, 0) is 6.54 Å². The molecule has 11 heteroatoms. The molecular formula is C16H18N4O7. The van der Waals surface area contributed by atoms with E-state index in [4.69, 9.17) is 9.84 Å². The zero-order valence-corrected chi connectivity index (χ0v) is 14.2. The van der Waals surface area contributed by atoms with Crippen LogP contribution < -0.4 is 16.0 Å². The molecule has 2 aliphatic rings. The van der Waals surface area contributed by atoms with Crippen LogP contribution >= 0.6 is 0 Å². The van der Waals surface area contributed by atoms with Crippen LogP contribution in [0.5, 0.6) is 5.75 Å². The molecule has 0 bridgehead atoms. The van der Waals surface area contributed by atoms with Crippen molar-refractivity contribution in [2.75, 3.05) is 13.7 Å². The Kier molecular flexibility index (Phi) is 5.19. The van der Waals surface area contributed by atoms with Gasteiger partial charge in [-0.2, -0.15) is 4.98 Å². The highest BCUT2D eigenvalue weighted by Crippen LogP contribution is 2.25. The van der Waals surface area contributed by atoms with Crippen LogP contribution in [0.3, 0.4) is 0 Å². The van der Waals surface area contributed by atoms with Crippen LogP contribution in [0.2, 0.25) is 0 Å². The van der Waals surface area contributed by atoms with Crippen LogP contribution in [0.25, 0.3) is 22.6 Å². The number of methoxy groups -OCH3 is 1. The molecule has 1 aromatic rings. The van der Waals surface area contributed by atoms with E-state index in [9.17, 15) is 24.9 Å². The highest BCUT2D eigenvalue weighted by Gasteiger charge is 2.27. The summed E-state index contributed by atoms with van der Waals surface area (Å²) in [6, 6.07) is 4.77. The lowest BCUT2D eigenvalue weighted by Gasteiger charge is -2.24. The third kappa shape index (κ3) is 3.53. The van der Waals surface area contributed by atoms with Crippen LogP contribution in [0, 0.1) is 0 Å². The van der Waals surface area contributed by atoms with Gasteiger partial charge in [0.2, 0.25) is 0 Å². The number of ether oxygens (including phenoxy) is 1. The Morgan fingerprint density at radius 3 is 2.59 bits per heavy atom. The van der Waals surface area contributed by atoms with Gasteiger partial charge in [0.05, 0.1) is 31.3 Å². The molecule has 0 saturated carbocycles. The van der Waals surface area contributed by atoms with E-state index in [1.807, 2.05) is 4.98 Å². The zero-order chi connectivity index (χ0) is 19.7. The Balaban J connectivity index is 2.25. The summed E-state index contributed by atoms with van der Waals surface area (Å²) in [5.74, 6) is 0.351. The summed E-state index contributed by atoms with van der Waals surface area (Å²) in [6.07, 6.45) is -4.77. The van der Waals surface area contributed by atoms with Gasteiger partial charge in [-0.3, -0.25) is 9.78 Å². The van der Waals surface area contributed by atoms with Gasteiger partial charge in [0.15, 0.2) is 11.5 Å². The first-order valence-electron chi connectivity index (χ1n) is 7.99. The molecule has 0 radical (unpaired) electrons. The Morgan fingerprint density at radius 2 is 1.93 bits per heavy atom. The van der Waals surface area contributed by atoms with Gasteiger partial charge in [-0.15, -0.1) is 0 Å². The summed E-state index contributed by atoms with van der Waals surface area (Å²) in [7, 11) is 1.45. The second-order valence-electron chi connectivity index (χ2n) is 5.93. The first kappa shape index (κ1) is 18.9. The predicted octanol–water partition coefficient (Wildman–Crippen LogP) is -2.33. The second kappa shape index (κ2) is 7.40. The van der Waals surface area contributed by atoms with E-state index < -0.39 is 36.2 Å². The van der Waals surface area contributed by atoms with Gasteiger partial charge in [0.25, 0.3) is 5.56 Å². The summed E-state index contributed by atoms with van der Waals surface area (Å²) in [4.78, 5) is 33.8. The quantitative estimate of drug-likeness (QED) is 0.295. The summed E-state index contributed by atoms with van der Waals surface area (Å²) in [5.41, 5.74) is -1.03. The van der Waals surface area contributed by atoms with Crippen molar-refractivity contribution in [2.24, 2.45) is 0 Å². The SMILES string of the molecule is COc1ccc2nc3c(=O)[nH]c(=O)nc-3n(C[C@H](O)[C@H](O)[C@H](O)CO)c2c1. The van der Waals surface area contributed by atoms with Crippen LogP contribution in [0.4, 0.5) is 0 Å². The number of rotatable bonds is 6. The minimum absolute atomic E-state index is 0.103. The summed E-state index contributed by atoms with van der Waals surface area (Å²) >= 11 is 0. The number of benzene rings is 1. The van der Waals surface area contributed by atoms with Gasteiger partial charge >= 0.3 is 5.69 Å². The lowest BCUT2D eigenvalue weighted by molar-refractivity contribution is -0.0802. The highest BCUT2D eigenvalue weighted by molar-refractivity contribution is 5.80. The number of nitrogens with zero attached hydrogens (tertiary/aromatic N) is 3. The second-order valence-corrected chi connectivity index (χ2v) is 5.93. The lowest BCUT2D eigenvalue weighted by Crippen LogP contribution is -2.42. The van der Waals surface area contributed by atoms with Crippen LogP contribution in [-0.4, -0.2) is 72.0 Å². The number of aromatic nitrogens is 4. The molecule has 5 N–H and O–H groups in total. The molecule has 0 fully saturated rings. The Hall–Kier alpha value is -2.86. The summed E-state index contributed by atoms with van der Waals surface area (Å²) in [6.45, 7) is -1.09. The molecule has 0 amide bonds. The van der Waals surface area contributed by atoms with Gasteiger partial charge in [0, 0.05) is 6.07 Å². The molecule has 144 valence electrons. The number of aliphatic hydroxyl groups is 4. The highest BCUT2D eigenvalue weighted by atomic mass is 16.5. The number of fused-ring (bicyclic) bond motifs is 2. The Morgan fingerprint density at radius 1 is 1.19 bits per heavy atom. The van der Waals surface area contributed by atoms with Crippen molar-refractivity contribution in [1.82, 2.24) is 19.5 Å². The zero-order valence-electron chi connectivity index (χ0n) is 14.2. The third-order valence-corrected chi connectivity index (χ3v) is 4.16. The van der Waals surface area contributed by atoms with Crippen molar-refractivity contribution in [3.05, 3.63) is 39.0 Å². The maximum Gasteiger partial charge on any atom is 0.349 e. The number of hydrogen-bond donors (Lipinski definition) is 5. The molecule has 0 spiro atoms. The van der Waals surface area contributed by atoms with Crippen molar-refractivity contribution >= 4 is 11.0 Å². The van der Waals surface area contributed by atoms with Gasteiger partial charge in [-0.25, -0.2) is 9.78 Å². The smallest absolute Gasteiger partial charge is 0.349 e. The normalized spacial score (nSPS) is 15.0. The maximum atomic E-state index is 12.1. The largest absolute Gasteiger partial charge is 0.497 e. The van der Waals surface area contributed by atoms with Gasteiger partial charge in [0.1, 0.15) is 24.1 Å². The molecule has 0 unspecified atom stereocenters. The summed E-state index contributed by atoms with van der Waals surface area (Å²) in [5, 5.41) is 38.7. The minimum Gasteiger partial charge on any atom is -0.497 e. The van der Waals surface area contributed by atoms with E-state index in [0.717, 1.165) is 0 Å². The van der Waals surface area contributed by atoms with E-state index in [-0.39, 0.29) is 18.1 Å². The van der Waals surface area contributed by atoms with Crippen molar-refractivity contribution in [2.45, 2.75) is 24.9 Å². The van der Waals surface area contributed by atoms with E-state index in [2.05, 4.69) is 9.97 Å². The maximum absolute atomic E-state index is 12.1. The average molecular weight is 378 g/mol. The summed E-state index contributed by atoms with van der Waals surface area (Å²) < 4.78 is 6.50. The number of H-pyrrole nitrogens is 1. The molecule has 0 saturated heterocycles. The van der Waals surface area contributed by atoms with Crippen molar-refractivity contribution in [3.8, 4) is 17.3 Å². The Bertz CT molecular complexity index is 1050. The van der Waals surface area contributed by atoms with E-state index in [1.165, 1.54) is 11.7 Å². The van der Waals surface area contributed by atoms with Gasteiger partial charge in [-0.1, -0.05) is 0 Å². The molecule has 3 atom stereocenters. The fourth-order valence-corrected chi connectivity index (χ4v) is 2.74. The number of aromatic amines is 1. The molecule has 27 heavy (non-hydrogen) atoms. The predicted molar refractivity (Wildman–Crippen MR) is 92.7 cm³/mol. The van der Waals surface area contributed by atoms with E-state index in [1.54, 1.807) is 18.2 Å². The molecule has 0 aromatic heterocycles. The molecule has 2 aliphatic heterocycles. The topological polar surface area (TPSA) is 171 Å². The molecule has 2 heterocycles. The minimum atomic E-state index is -1.67. The van der Waals surface area contributed by atoms with Crippen molar-refractivity contribution < 1.29 is 25.2 Å². The molecule has 3 rings (SSSR count). The molecule has 1 aromatic carbocycles. The fourth-order valence-electron chi connectivity index (χ4n) is 2.74. The lowest BCUT2D eigenvalue weighted by atomic mass is 10.1. The van der Waals surface area contributed by atoms with E-state index in [0.29, 0.717) is 16.8 Å². The number of hydrogen-bond acceptors (Lipinski definition) is 9.